The highest BCUT2D eigenvalue weighted by atomic mass is 19.2. The molecule has 0 aliphatic heterocycles. The molecule has 6 heteroatoms. The van der Waals surface area contributed by atoms with E-state index >= 15 is 0 Å². The molecular formula is C25H22F2O4. The number of ether oxygens (including phenoxy) is 2. The van der Waals surface area contributed by atoms with Gasteiger partial charge in [-0.2, -0.15) is 0 Å². The van der Waals surface area contributed by atoms with E-state index in [0.717, 1.165) is 17.2 Å². The molecule has 0 spiro atoms. The maximum atomic E-state index is 14.8. The second-order valence-electron chi connectivity index (χ2n) is 7.18. The van der Waals surface area contributed by atoms with Gasteiger partial charge in [0.25, 0.3) is 0 Å². The van der Waals surface area contributed by atoms with Crippen LogP contribution in [-0.2, 0) is 31.9 Å². The largest absolute Gasteiger partial charge is 0.462 e. The highest BCUT2D eigenvalue weighted by Crippen LogP contribution is 2.32. The average Bonchev–Trinajstić information content (AvgIpc) is 2.77. The second kappa shape index (κ2) is 9.51. The van der Waals surface area contributed by atoms with Gasteiger partial charge in [-0.1, -0.05) is 37.4 Å². The lowest BCUT2D eigenvalue weighted by Gasteiger charge is -2.11. The maximum Gasteiger partial charge on any atom is 0.333 e. The van der Waals surface area contributed by atoms with E-state index in [2.05, 4.69) is 13.2 Å². The molecule has 0 fully saturated rings. The summed E-state index contributed by atoms with van der Waals surface area (Å²) in [5.41, 5.74) is 1.75. The Morgan fingerprint density at radius 2 is 1.35 bits per heavy atom. The summed E-state index contributed by atoms with van der Waals surface area (Å²) in [5.74, 6) is -2.88. The molecule has 0 bridgehead atoms. The molecule has 4 nitrogen and oxygen atoms in total. The molecule has 0 unspecified atom stereocenters. The van der Waals surface area contributed by atoms with Crippen LogP contribution in [0.1, 0.15) is 18.1 Å². The van der Waals surface area contributed by atoms with Gasteiger partial charge in [-0.15, -0.1) is 0 Å². The summed E-state index contributed by atoms with van der Waals surface area (Å²) in [7, 11) is 0. The van der Waals surface area contributed by atoms with Gasteiger partial charge in [0, 0.05) is 35.3 Å². The molecule has 0 saturated carbocycles. The summed E-state index contributed by atoms with van der Waals surface area (Å²) in [5, 5.41) is 1.50. The highest BCUT2D eigenvalue weighted by molar-refractivity contribution is 6.08. The van der Waals surface area contributed by atoms with Gasteiger partial charge in [0.05, 0.1) is 13.2 Å². The van der Waals surface area contributed by atoms with Gasteiger partial charge in [0.2, 0.25) is 0 Å². The van der Waals surface area contributed by atoms with Gasteiger partial charge in [-0.3, -0.25) is 0 Å². The predicted octanol–water partition coefficient (Wildman–Crippen LogP) is 5.20. The molecule has 3 rings (SSSR count). The molecule has 31 heavy (non-hydrogen) atoms. The molecule has 0 amide bonds. The number of benzene rings is 3. The number of esters is 2. The monoisotopic (exact) mass is 424 g/mol. The Morgan fingerprint density at radius 1 is 0.871 bits per heavy atom. The van der Waals surface area contributed by atoms with Crippen LogP contribution < -0.4 is 0 Å². The van der Waals surface area contributed by atoms with Gasteiger partial charge in [-0.05, 0) is 41.0 Å². The van der Waals surface area contributed by atoms with Crippen LogP contribution in [0.2, 0.25) is 0 Å². The summed E-state index contributed by atoms with van der Waals surface area (Å²) >= 11 is 0. The first-order valence-corrected chi connectivity index (χ1v) is 9.76. The Morgan fingerprint density at radius 3 is 1.81 bits per heavy atom. The smallest absolute Gasteiger partial charge is 0.333 e. The predicted molar refractivity (Wildman–Crippen MR) is 116 cm³/mol. The third-order valence-electron chi connectivity index (χ3n) is 4.90. The molecule has 0 radical (unpaired) electrons. The molecule has 0 heterocycles. The van der Waals surface area contributed by atoms with E-state index in [4.69, 9.17) is 9.47 Å². The van der Waals surface area contributed by atoms with Crippen molar-refractivity contribution >= 4 is 33.5 Å². The molecule has 0 aliphatic carbocycles. The van der Waals surface area contributed by atoms with Crippen LogP contribution in [0.4, 0.5) is 8.78 Å². The molecule has 0 saturated heterocycles. The van der Waals surface area contributed by atoms with Crippen LogP contribution in [0.3, 0.4) is 0 Å². The Kier molecular flexibility index (Phi) is 6.80. The Bertz CT molecular complexity index is 1200. The number of rotatable bonds is 8. The molecule has 3 aromatic carbocycles. The normalized spacial score (nSPS) is 10.8. The van der Waals surface area contributed by atoms with Crippen molar-refractivity contribution in [1.29, 1.82) is 0 Å². The highest BCUT2D eigenvalue weighted by Gasteiger charge is 2.16. The van der Waals surface area contributed by atoms with E-state index in [9.17, 15) is 18.4 Å². The summed E-state index contributed by atoms with van der Waals surface area (Å²) in [6, 6.07) is 10.2. The van der Waals surface area contributed by atoms with E-state index in [-0.39, 0.29) is 24.0 Å². The number of halogens is 2. The van der Waals surface area contributed by atoms with Crippen molar-refractivity contribution in [2.75, 3.05) is 13.2 Å². The van der Waals surface area contributed by atoms with Crippen LogP contribution in [0, 0.1) is 11.6 Å². The third kappa shape index (κ3) is 4.97. The first-order chi connectivity index (χ1) is 14.8. The number of carbonyl (C=O) groups excluding carboxylic acids is 2. The lowest BCUT2D eigenvalue weighted by Crippen LogP contribution is -2.08. The fourth-order valence-corrected chi connectivity index (χ4v) is 3.28. The number of carbonyl (C=O) groups is 2. The molecule has 160 valence electrons. The number of hydrogen-bond donors (Lipinski definition) is 0. The zero-order valence-electron chi connectivity index (χ0n) is 17.2. The van der Waals surface area contributed by atoms with E-state index in [0.29, 0.717) is 29.2 Å². The quantitative estimate of drug-likeness (QED) is 0.283. The van der Waals surface area contributed by atoms with Gasteiger partial charge >= 0.3 is 11.9 Å². The Hall–Kier alpha value is -3.54. The van der Waals surface area contributed by atoms with Gasteiger partial charge in [-0.25, -0.2) is 18.4 Å². The first-order valence-electron chi connectivity index (χ1n) is 9.76. The Labute approximate surface area is 178 Å². The van der Waals surface area contributed by atoms with Crippen molar-refractivity contribution in [3.8, 4) is 0 Å². The molecule has 0 atom stereocenters. The van der Waals surface area contributed by atoms with Crippen LogP contribution in [0.15, 0.2) is 61.2 Å². The summed E-state index contributed by atoms with van der Waals surface area (Å²) in [6.07, 6.45) is 1.81. The standard InChI is InChI=1S/C25H22F2O4/c1-4-22(28)30-11-9-16-5-7-18-19-8-6-17(10-12-31-25(29)15(2)3)14-21(19)24(27)23(26)20(18)13-16/h4-8,13-14H,1-2,9-12H2,3H3. The maximum absolute atomic E-state index is 14.8. The fraction of sp³-hybridized carbons (Fsp3) is 0.200. The lowest BCUT2D eigenvalue weighted by atomic mass is 9.96. The minimum atomic E-state index is -0.932. The summed E-state index contributed by atoms with van der Waals surface area (Å²) in [4.78, 5) is 22.6. The van der Waals surface area contributed by atoms with Crippen molar-refractivity contribution in [3.05, 3.63) is 84.0 Å². The van der Waals surface area contributed by atoms with E-state index in [1.807, 2.05) is 0 Å². The van der Waals surface area contributed by atoms with Gasteiger partial charge in [0.15, 0.2) is 11.6 Å². The second-order valence-corrected chi connectivity index (χ2v) is 7.18. The van der Waals surface area contributed by atoms with E-state index in [1.54, 1.807) is 43.3 Å². The van der Waals surface area contributed by atoms with Crippen LogP contribution >= 0.6 is 0 Å². The first kappa shape index (κ1) is 22.2. The summed E-state index contributed by atoms with van der Waals surface area (Å²) in [6.45, 7) is 8.63. The van der Waals surface area contributed by atoms with Gasteiger partial charge in [0.1, 0.15) is 0 Å². The number of hydrogen-bond acceptors (Lipinski definition) is 4. The van der Waals surface area contributed by atoms with Crippen LogP contribution in [0.5, 0.6) is 0 Å². The van der Waals surface area contributed by atoms with Crippen molar-refractivity contribution in [2.45, 2.75) is 19.8 Å². The SMILES string of the molecule is C=CC(=O)OCCc1ccc2c(c1)c(F)c(F)c1cc(CCOC(=O)C(=C)C)ccc12. The average molecular weight is 424 g/mol. The van der Waals surface area contributed by atoms with E-state index < -0.39 is 23.6 Å². The molecule has 0 aromatic heterocycles. The van der Waals surface area contributed by atoms with Crippen molar-refractivity contribution in [3.63, 3.8) is 0 Å². The van der Waals surface area contributed by atoms with Crippen molar-refractivity contribution in [1.82, 2.24) is 0 Å². The molecule has 0 N–H and O–H groups in total. The van der Waals surface area contributed by atoms with Crippen LogP contribution in [0.25, 0.3) is 21.5 Å². The minimum absolute atomic E-state index is 0.118. The summed E-state index contributed by atoms with van der Waals surface area (Å²) < 4.78 is 39.7. The van der Waals surface area contributed by atoms with E-state index in [1.165, 1.54) is 0 Å². The zero-order chi connectivity index (χ0) is 22.5. The minimum Gasteiger partial charge on any atom is -0.462 e. The zero-order valence-corrected chi connectivity index (χ0v) is 17.2. The van der Waals surface area contributed by atoms with Crippen molar-refractivity contribution < 1.29 is 27.8 Å². The lowest BCUT2D eigenvalue weighted by molar-refractivity contribution is -0.139. The fourth-order valence-electron chi connectivity index (χ4n) is 3.28. The Balaban J connectivity index is 1.87. The van der Waals surface area contributed by atoms with Crippen LogP contribution in [-0.4, -0.2) is 25.2 Å². The third-order valence-corrected chi connectivity index (χ3v) is 4.90. The molecule has 0 aliphatic rings. The topological polar surface area (TPSA) is 52.6 Å². The number of fused-ring (bicyclic) bond motifs is 3. The molecular weight excluding hydrogens is 402 g/mol. The molecule has 3 aromatic rings. The van der Waals surface area contributed by atoms with Gasteiger partial charge < -0.3 is 9.47 Å². The van der Waals surface area contributed by atoms with Crippen molar-refractivity contribution in [2.24, 2.45) is 0 Å².